The quantitative estimate of drug-likeness (QED) is 0.336. The van der Waals surface area contributed by atoms with Crippen molar-refractivity contribution in [3.63, 3.8) is 0 Å². The first-order valence-corrected chi connectivity index (χ1v) is 12.6. The van der Waals surface area contributed by atoms with Gasteiger partial charge in [-0.25, -0.2) is 4.98 Å². The van der Waals surface area contributed by atoms with Crippen LogP contribution in [0.15, 0.2) is 52.9 Å². The van der Waals surface area contributed by atoms with Gasteiger partial charge < -0.3 is 10.6 Å². The summed E-state index contributed by atoms with van der Waals surface area (Å²) in [5.74, 6) is -0.0455. The topological polar surface area (TPSA) is 79.8 Å². The Labute approximate surface area is 192 Å². The molecule has 0 saturated heterocycles. The molecule has 0 aliphatic heterocycles. The molecule has 9 heteroatoms. The predicted molar refractivity (Wildman–Crippen MR) is 129 cm³/mol. The fourth-order valence-corrected chi connectivity index (χ4v) is 6.02. The van der Waals surface area contributed by atoms with Crippen molar-refractivity contribution in [2.75, 3.05) is 10.6 Å². The molecule has 0 spiro atoms. The third-order valence-corrected chi connectivity index (χ3v) is 7.95. The molecule has 0 unspecified atom stereocenters. The average molecular weight is 468 g/mol. The second kappa shape index (κ2) is 8.94. The Balaban J connectivity index is 1.15. The molecule has 31 heavy (non-hydrogen) atoms. The maximum Gasteiger partial charge on any atom is 0.237 e. The molecule has 1 aliphatic rings. The molecule has 2 heterocycles. The number of nitrogens with one attached hydrogen (secondary N) is 2. The van der Waals surface area contributed by atoms with Gasteiger partial charge in [0.1, 0.15) is 0 Å². The van der Waals surface area contributed by atoms with E-state index in [4.69, 9.17) is 4.98 Å². The monoisotopic (exact) mass is 467 g/mol. The zero-order valence-electron chi connectivity index (χ0n) is 16.9. The van der Waals surface area contributed by atoms with E-state index in [-0.39, 0.29) is 11.2 Å². The number of aromatic nitrogens is 3. The average Bonchev–Trinajstić information content (AvgIpc) is 3.31. The van der Waals surface area contributed by atoms with Crippen molar-refractivity contribution in [3.8, 4) is 0 Å². The third-order valence-electron chi connectivity index (χ3n) is 4.87. The number of anilines is 2. The van der Waals surface area contributed by atoms with Crippen LogP contribution in [0.1, 0.15) is 30.3 Å². The van der Waals surface area contributed by atoms with Gasteiger partial charge in [0, 0.05) is 18.2 Å². The van der Waals surface area contributed by atoms with Gasteiger partial charge in [0.2, 0.25) is 11.0 Å². The lowest BCUT2D eigenvalue weighted by molar-refractivity contribution is -0.115. The summed E-state index contributed by atoms with van der Waals surface area (Å²) in [6, 6.07) is 16.7. The number of carbonyl (C=O) groups is 1. The number of hydrogen-bond acceptors (Lipinski definition) is 8. The van der Waals surface area contributed by atoms with E-state index < -0.39 is 0 Å². The molecule has 2 aromatic heterocycles. The SMILES string of the molecule is C[C@@H](Sc1nnc(NC2CC2)s1)C(=O)Nc1ccc(Cc2nc3ccccc3s2)cc1. The molecule has 4 aromatic rings. The Morgan fingerprint density at radius 1 is 1.13 bits per heavy atom. The zero-order valence-corrected chi connectivity index (χ0v) is 19.3. The van der Waals surface area contributed by atoms with Crippen molar-refractivity contribution in [1.29, 1.82) is 0 Å². The number of hydrogen-bond donors (Lipinski definition) is 2. The minimum Gasteiger partial charge on any atom is -0.357 e. The van der Waals surface area contributed by atoms with Gasteiger partial charge in [-0.05, 0) is 49.6 Å². The maximum absolute atomic E-state index is 12.6. The van der Waals surface area contributed by atoms with Crippen LogP contribution in [0.5, 0.6) is 0 Å². The molecule has 0 bridgehead atoms. The van der Waals surface area contributed by atoms with Crippen LogP contribution in [0.4, 0.5) is 10.8 Å². The standard InChI is InChI=1S/C22H21N5OS3/c1-13(29-22-27-26-21(31-22)24-16-10-11-16)20(28)23-15-8-6-14(7-9-15)12-19-25-17-4-2-3-5-18(17)30-19/h2-9,13,16H,10-12H2,1H3,(H,23,28)(H,24,26)/t13-/m1/s1. The second-order valence-corrected chi connectivity index (χ2v) is 11.2. The van der Waals surface area contributed by atoms with Gasteiger partial charge >= 0.3 is 0 Å². The molecule has 1 fully saturated rings. The van der Waals surface area contributed by atoms with Crippen molar-refractivity contribution < 1.29 is 4.79 Å². The molecule has 1 aliphatic carbocycles. The van der Waals surface area contributed by atoms with Crippen molar-refractivity contribution in [3.05, 3.63) is 59.1 Å². The number of amides is 1. The summed E-state index contributed by atoms with van der Waals surface area (Å²) in [4.78, 5) is 17.3. The minimum atomic E-state index is -0.260. The minimum absolute atomic E-state index is 0.0455. The van der Waals surface area contributed by atoms with Gasteiger partial charge in [-0.3, -0.25) is 4.79 Å². The van der Waals surface area contributed by atoms with Crippen LogP contribution < -0.4 is 10.6 Å². The molecule has 158 valence electrons. The number of para-hydroxylation sites is 1. The van der Waals surface area contributed by atoms with Crippen LogP contribution in [-0.4, -0.2) is 32.4 Å². The summed E-state index contributed by atoms with van der Waals surface area (Å²) >= 11 is 4.66. The predicted octanol–water partition coefficient (Wildman–Crippen LogP) is 5.43. The molecule has 1 amide bonds. The highest BCUT2D eigenvalue weighted by molar-refractivity contribution is 8.02. The molecular weight excluding hydrogens is 446 g/mol. The summed E-state index contributed by atoms with van der Waals surface area (Å²) in [5, 5.41) is 16.3. The Morgan fingerprint density at radius 3 is 2.71 bits per heavy atom. The van der Waals surface area contributed by atoms with Crippen LogP contribution in [0.3, 0.4) is 0 Å². The fraction of sp³-hybridized carbons (Fsp3) is 0.273. The molecule has 0 radical (unpaired) electrons. The smallest absolute Gasteiger partial charge is 0.237 e. The number of carbonyl (C=O) groups excluding carboxylic acids is 1. The fourth-order valence-electron chi connectivity index (χ4n) is 3.04. The summed E-state index contributed by atoms with van der Waals surface area (Å²) < 4.78 is 2.01. The Morgan fingerprint density at radius 2 is 1.94 bits per heavy atom. The van der Waals surface area contributed by atoms with E-state index in [9.17, 15) is 4.79 Å². The molecule has 1 saturated carbocycles. The summed E-state index contributed by atoms with van der Waals surface area (Å²) in [7, 11) is 0. The van der Waals surface area contributed by atoms with Crippen molar-refractivity contribution in [2.24, 2.45) is 0 Å². The first kappa shape index (κ1) is 20.4. The highest BCUT2D eigenvalue weighted by atomic mass is 32.2. The molecule has 2 N–H and O–H groups in total. The first-order valence-electron chi connectivity index (χ1n) is 10.1. The van der Waals surface area contributed by atoms with E-state index in [2.05, 4.69) is 26.9 Å². The van der Waals surface area contributed by atoms with Crippen LogP contribution in [0.25, 0.3) is 10.2 Å². The Kier molecular flexibility index (Phi) is 5.89. The molecule has 6 nitrogen and oxygen atoms in total. The van der Waals surface area contributed by atoms with E-state index >= 15 is 0 Å². The first-order chi connectivity index (χ1) is 15.1. The second-order valence-electron chi connectivity index (χ2n) is 7.49. The highest BCUT2D eigenvalue weighted by Gasteiger charge is 2.23. The van der Waals surface area contributed by atoms with E-state index in [0.717, 1.165) is 32.1 Å². The van der Waals surface area contributed by atoms with Crippen molar-refractivity contribution in [2.45, 2.75) is 41.8 Å². The molecule has 2 aromatic carbocycles. The van der Waals surface area contributed by atoms with E-state index in [1.165, 1.54) is 46.2 Å². The summed E-state index contributed by atoms with van der Waals surface area (Å²) in [6.07, 6.45) is 3.18. The number of thioether (sulfide) groups is 1. The molecular formula is C22H21N5OS3. The normalized spacial score (nSPS) is 14.5. The number of thiazole rings is 1. The number of benzene rings is 2. The van der Waals surface area contributed by atoms with Crippen LogP contribution >= 0.6 is 34.4 Å². The number of rotatable bonds is 8. The van der Waals surface area contributed by atoms with Gasteiger partial charge in [0.25, 0.3) is 0 Å². The molecule has 1 atom stereocenters. The van der Waals surface area contributed by atoms with Crippen molar-refractivity contribution >= 4 is 61.4 Å². The largest absolute Gasteiger partial charge is 0.357 e. The third kappa shape index (κ3) is 5.23. The van der Waals surface area contributed by atoms with Gasteiger partial charge in [0.05, 0.1) is 20.5 Å². The molecule has 5 rings (SSSR count). The lowest BCUT2D eigenvalue weighted by Gasteiger charge is -2.10. The lowest BCUT2D eigenvalue weighted by atomic mass is 10.1. The lowest BCUT2D eigenvalue weighted by Crippen LogP contribution is -2.22. The Hall–Kier alpha value is -2.49. The van der Waals surface area contributed by atoms with E-state index in [1.807, 2.05) is 49.4 Å². The maximum atomic E-state index is 12.6. The van der Waals surface area contributed by atoms with Crippen LogP contribution in [0.2, 0.25) is 0 Å². The van der Waals surface area contributed by atoms with Gasteiger partial charge in [-0.15, -0.1) is 21.5 Å². The van der Waals surface area contributed by atoms with Crippen LogP contribution in [0, 0.1) is 0 Å². The summed E-state index contributed by atoms with van der Waals surface area (Å²) in [6.45, 7) is 1.89. The Bertz CT molecular complexity index is 1170. The number of nitrogens with zero attached hydrogens (tertiary/aromatic N) is 3. The van der Waals surface area contributed by atoms with Gasteiger partial charge in [-0.1, -0.05) is 47.4 Å². The summed E-state index contributed by atoms with van der Waals surface area (Å²) in [5.41, 5.74) is 3.01. The van der Waals surface area contributed by atoms with E-state index in [1.54, 1.807) is 11.3 Å². The van der Waals surface area contributed by atoms with Crippen LogP contribution in [-0.2, 0) is 11.2 Å². The van der Waals surface area contributed by atoms with E-state index in [0.29, 0.717) is 6.04 Å². The van der Waals surface area contributed by atoms with Gasteiger partial charge in [0.15, 0.2) is 4.34 Å². The van der Waals surface area contributed by atoms with Crippen molar-refractivity contribution in [1.82, 2.24) is 15.2 Å². The zero-order chi connectivity index (χ0) is 21.2. The number of fused-ring (bicyclic) bond motifs is 1. The van der Waals surface area contributed by atoms with Gasteiger partial charge in [-0.2, -0.15) is 0 Å². The highest BCUT2D eigenvalue weighted by Crippen LogP contribution is 2.32.